The molecule has 5 heterocycles. The summed E-state index contributed by atoms with van der Waals surface area (Å²) >= 11 is 0. The minimum Gasteiger partial charge on any atom is -0.507 e. The van der Waals surface area contributed by atoms with E-state index >= 15 is 0 Å². The summed E-state index contributed by atoms with van der Waals surface area (Å²) in [5, 5.41) is 21.7. The zero-order chi connectivity index (χ0) is 81.0. The lowest BCUT2D eigenvalue weighted by Crippen LogP contribution is -2.08. The van der Waals surface area contributed by atoms with Gasteiger partial charge in [-0.25, -0.2) is 0 Å². The lowest BCUT2D eigenvalue weighted by atomic mass is 10.1. The molecule has 0 saturated carbocycles. The fraction of sp³-hybridized carbons (Fsp3) is 0.133. The number of ether oxygens (including phenoxy) is 2. The first-order valence-electron chi connectivity index (χ1n) is 39.6. The van der Waals surface area contributed by atoms with Crippen LogP contribution in [0.3, 0.4) is 0 Å². The van der Waals surface area contributed by atoms with E-state index in [1.165, 1.54) is 148 Å². The first-order valence-corrected chi connectivity index (χ1v) is 45.7. The molecule has 1 atom stereocenters. The van der Waals surface area contributed by atoms with Crippen molar-refractivity contribution < 1.29 is 27.8 Å². The molecule has 0 fully saturated rings. The van der Waals surface area contributed by atoms with Gasteiger partial charge in [0.2, 0.25) is 5.43 Å². The maximum absolute atomic E-state index is 13.1. The molecule has 15 aromatic carbocycles. The number of phenolic OH excluding ortho intramolecular Hbond substituents is 1. The lowest BCUT2D eigenvalue weighted by molar-refractivity contribution is -0.137. The maximum atomic E-state index is 13.1. The Balaban J connectivity index is 0.000000110. The van der Waals surface area contributed by atoms with Gasteiger partial charge in [-0.1, -0.05) is 172 Å². The summed E-state index contributed by atoms with van der Waals surface area (Å²) in [6.07, 6.45) is 0.473. The molecule has 12 heteroatoms. The van der Waals surface area contributed by atoms with E-state index in [-0.39, 0.29) is 52.7 Å². The highest BCUT2D eigenvalue weighted by atomic mass is 32.2. The Labute approximate surface area is 694 Å². The zero-order valence-electron chi connectivity index (χ0n) is 66.6. The van der Waals surface area contributed by atoms with Crippen molar-refractivity contribution in [3.63, 3.8) is 0 Å². The van der Waals surface area contributed by atoms with E-state index in [1.54, 1.807) is 19.2 Å². The number of fused-ring (bicyclic) bond motifs is 14. The van der Waals surface area contributed by atoms with Crippen LogP contribution in [-0.4, -0.2) is 18.8 Å². The Kier molecular flexibility index (Phi) is 23.4. The number of alkyl halides is 3. The summed E-state index contributed by atoms with van der Waals surface area (Å²) < 4.78 is 63.9. The van der Waals surface area contributed by atoms with Gasteiger partial charge in [-0.2, -0.15) is 13.2 Å². The molecule has 0 spiro atoms. The molecule has 0 aliphatic rings. The predicted octanol–water partition coefficient (Wildman–Crippen LogP) is 32.6. The van der Waals surface area contributed by atoms with Crippen LogP contribution < -0.4 is 14.9 Å². The summed E-state index contributed by atoms with van der Waals surface area (Å²) in [6, 6.07) is 115. The molecule has 117 heavy (non-hydrogen) atoms. The third-order valence-corrected chi connectivity index (χ3v) is 33.2. The standard InChI is InChI=1S/C26H29OS.C21H19OS.C20H12F3OS.C20H16OS.C18H13S/c1-4-5-6-11-16-27-26-19(2)17-21(18-20(26)3)28-24-14-9-7-12-22(24)23-13-8-10-15-25(23)28;1-14-12-16(13-15(2)21(14)22-3)23-19-10-6-4-8-17(19)18-9-5-7-11-20(18)23;21-20(22,23)13-10-11-18-16(12-13)19(24)15-8-4-5-9-17(15)25(18)14-6-2-1-3-7-14;1-13-11-15(12-14(2)20(13)21)22-18-9-5-3-7-16(18)17-8-4-6-10-19(17)22;1-2-8-14(9-3-1)19-17-12-6-4-10-15(17)16-11-5-7-13-18(16)19/h7-10,12-15,17-18H,4-6,11,16H2,1-3H3;4-13H,1-3H3;1-12H;3-12H,1-2H3;1-13H/q3*+1;;+1/p+1. The third-order valence-electron chi connectivity index (χ3n) is 21.6. The Morgan fingerprint density at radius 3 is 0.863 bits per heavy atom. The largest absolute Gasteiger partial charge is 0.507 e. The lowest BCUT2D eigenvalue weighted by Gasteiger charge is -2.12. The third kappa shape index (κ3) is 15.7. The van der Waals surface area contributed by atoms with E-state index in [2.05, 4.69) is 295 Å². The van der Waals surface area contributed by atoms with Crippen molar-refractivity contribution in [1.29, 1.82) is 0 Å². The monoisotopic (exact) mass is 1630 g/mol. The maximum Gasteiger partial charge on any atom is 0.416 e. The highest BCUT2D eigenvalue weighted by Crippen LogP contribution is 2.54. The number of methoxy groups -OCH3 is 1. The molecule has 580 valence electrons. The van der Waals surface area contributed by atoms with Gasteiger partial charge in [-0.3, -0.25) is 4.79 Å². The van der Waals surface area contributed by atoms with Crippen molar-refractivity contribution in [3.8, 4) is 41.7 Å². The summed E-state index contributed by atoms with van der Waals surface area (Å²) in [7, 11) is 1.06. The Morgan fingerprint density at radius 2 is 0.556 bits per heavy atom. The van der Waals surface area contributed by atoms with Crippen LogP contribution in [0.25, 0.3) is 125 Å². The zero-order valence-corrected chi connectivity index (χ0v) is 70.7. The van der Waals surface area contributed by atoms with E-state index in [0.29, 0.717) is 15.8 Å². The van der Waals surface area contributed by atoms with Gasteiger partial charge in [-0.05, 0) is 233 Å². The van der Waals surface area contributed by atoms with Crippen LogP contribution >= 0.6 is 52.3 Å². The van der Waals surface area contributed by atoms with Gasteiger partial charge in [0.25, 0.3) is 0 Å². The SMILES string of the molecule is CCCCCCOc1c(C)cc(-[s+]2c3ccccc3c3ccccc32)cc1C.COc1c(C)cc(-[s+]2c3ccccc3c3ccccc32)cc1C.Cc1cc(-[s+]2c3ccccc3c3ccccc32)cc(C)c1O.O=c1c2ccccc2[s+](-c2ccccc2)c2ccc(C(F)(F)F)cc12.c1ccc(-[s+]2c3ccccc3c3ccccc32)cc1. The van der Waals surface area contributed by atoms with E-state index < -0.39 is 22.2 Å². The topological polar surface area (TPSA) is 55.8 Å². The minimum absolute atomic E-state index is 0.0269. The highest BCUT2D eigenvalue weighted by molar-refractivity contribution is 7.52. The van der Waals surface area contributed by atoms with Crippen LogP contribution in [0.15, 0.2) is 338 Å². The van der Waals surface area contributed by atoms with Crippen molar-refractivity contribution in [1.82, 2.24) is 0 Å². The van der Waals surface area contributed by atoms with E-state index in [1.807, 2.05) is 56.3 Å². The van der Waals surface area contributed by atoms with Gasteiger partial charge in [0.15, 0.2) is 71.5 Å². The van der Waals surface area contributed by atoms with Crippen LogP contribution in [0, 0.1) is 41.5 Å². The van der Waals surface area contributed by atoms with Gasteiger partial charge in [0.05, 0.1) is 30.1 Å². The second kappa shape index (κ2) is 34.6. The molecule has 4 nitrogen and oxygen atoms in total. The number of aromatic hydroxyl groups is 1. The average Bonchev–Trinajstić information content (AvgIpc) is 1.68. The smallest absolute Gasteiger partial charge is 0.416 e. The molecule has 0 amide bonds. The molecule has 5 aromatic heterocycles. The summed E-state index contributed by atoms with van der Waals surface area (Å²) in [6.45, 7) is 15.7. The molecule has 1 unspecified atom stereocenters. The summed E-state index contributed by atoms with van der Waals surface area (Å²) in [5.41, 5.74) is 5.66. The Bertz CT molecular complexity index is 6840. The van der Waals surface area contributed by atoms with Crippen molar-refractivity contribution in [2.24, 2.45) is 0 Å². The first-order chi connectivity index (χ1) is 57.0. The molecule has 0 radical (unpaired) electrons. The van der Waals surface area contributed by atoms with Crippen molar-refractivity contribution in [3.05, 3.63) is 383 Å². The second-order valence-corrected chi connectivity index (χ2v) is 39.3. The predicted molar refractivity (Wildman–Crippen MR) is 504 cm³/mol. The number of phenols is 1. The van der Waals surface area contributed by atoms with Crippen molar-refractivity contribution in [2.75, 3.05) is 13.7 Å². The van der Waals surface area contributed by atoms with Gasteiger partial charge < -0.3 is 14.6 Å². The molecule has 0 saturated heterocycles. The van der Waals surface area contributed by atoms with Crippen LogP contribution in [-0.2, 0) is 6.18 Å². The minimum atomic E-state index is -4.47. The normalized spacial score (nSPS) is 11.6. The van der Waals surface area contributed by atoms with Gasteiger partial charge in [-0.15, -0.1) is 0 Å². The number of rotatable bonds is 12. The number of unbranched alkanes of at least 4 members (excludes halogenated alkanes) is 3. The fourth-order valence-electron chi connectivity index (χ4n) is 16.3. The quantitative estimate of drug-likeness (QED) is 0.0752. The van der Waals surface area contributed by atoms with Crippen LogP contribution in [0.5, 0.6) is 17.2 Å². The molecule has 1 N–H and O–H groups in total. The van der Waals surface area contributed by atoms with Crippen molar-refractivity contribution >= 4 is 153 Å². The summed E-state index contributed by atoms with van der Waals surface area (Å²) in [5.74, 6) is 2.48. The number of hydrogen-bond donors (Lipinski definition) is 1. The number of hydrogen-bond acceptors (Lipinski definition) is 4. The van der Waals surface area contributed by atoms with Gasteiger partial charge in [0.1, 0.15) is 17.2 Å². The van der Waals surface area contributed by atoms with Gasteiger partial charge in [0, 0.05) is 132 Å². The molecule has 0 aliphatic carbocycles. The average molecular weight is 1630 g/mol. The molecular formula is C105H90F3O4S5+5. The number of benzene rings is 15. The van der Waals surface area contributed by atoms with Crippen LogP contribution in [0.2, 0.25) is 0 Å². The fourth-order valence-corrected chi connectivity index (χ4v) is 28.7. The molecule has 0 aliphatic heterocycles. The van der Waals surface area contributed by atoms with E-state index in [0.717, 1.165) is 57.4 Å². The van der Waals surface area contributed by atoms with E-state index in [4.69, 9.17) is 9.47 Å². The summed E-state index contributed by atoms with van der Waals surface area (Å²) in [4.78, 5) is 19.2. The second-order valence-electron chi connectivity index (χ2n) is 29.5. The molecule has 0 bridgehead atoms. The first kappa shape index (κ1) is 79.1. The molecular weight excluding hydrogens is 1540 g/mol. The highest BCUT2D eigenvalue weighted by Gasteiger charge is 2.34. The Hall–Kier alpha value is -11.7. The van der Waals surface area contributed by atoms with Gasteiger partial charge >= 0.3 is 6.18 Å². The van der Waals surface area contributed by atoms with Crippen LogP contribution in [0.1, 0.15) is 71.6 Å². The van der Waals surface area contributed by atoms with Crippen molar-refractivity contribution in [2.45, 2.75) is 80.3 Å². The van der Waals surface area contributed by atoms with Crippen LogP contribution in [0.4, 0.5) is 13.2 Å². The number of aryl methyl sites for hydroxylation is 6. The number of thiophene rings is 4. The van der Waals surface area contributed by atoms with E-state index in [9.17, 15) is 23.1 Å². The molecule has 20 rings (SSSR count). The Morgan fingerprint density at radius 1 is 0.291 bits per heavy atom. The number of halogens is 3. The molecule has 20 aromatic rings.